The van der Waals surface area contributed by atoms with Crippen LogP contribution in [-0.2, 0) is 16.2 Å². The Morgan fingerprint density at radius 1 is 1.24 bits per heavy atom. The number of halogens is 5. The number of aryl methyl sites for hydroxylation is 1. The number of ketones is 1. The van der Waals surface area contributed by atoms with Gasteiger partial charge in [0.25, 0.3) is 10.0 Å². The molecule has 3 rings (SSSR count). The molecule has 34 heavy (non-hydrogen) atoms. The number of Topliss-reactive ketones (excluding diaryl/α,β-unsaturated/α-hetero) is 1. The number of nitrogens with one attached hydrogen (secondary N) is 2. The molecule has 0 fully saturated rings. The number of sulfonamides is 1. The normalized spacial score (nSPS) is 12.8. The molecule has 0 aliphatic carbocycles. The van der Waals surface area contributed by atoms with E-state index in [1.54, 1.807) is 19.2 Å². The molecule has 0 unspecified atom stereocenters. The number of aromatic nitrogens is 2. The van der Waals surface area contributed by atoms with Crippen molar-refractivity contribution in [2.24, 2.45) is 0 Å². The first-order chi connectivity index (χ1) is 15.9. The number of rotatable bonds is 7. The summed E-state index contributed by atoms with van der Waals surface area (Å²) >= 11 is 11.8. The first-order valence-corrected chi connectivity index (χ1v) is 11.7. The third-order valence-electron chi connectivity index (χ3n) is 4.69. The summed E-state index contributed by atoms with van der Waals surface area (Å²) in [7, 11) is -4.56. The van der Waals surface area contributed by atoms with Crippen LogP contribution in [0.3, 0.4) is 0 Å². The van der Waals surface area contributed by atoms with Gasteiger partial charge in [0.05, 0.1) is 31.8 Å². The number of alkyl halides is 3. The molecule has 6 nitrogen and oxygen atoms in total. The van der Waals surface area contributed by atoms with Gasteiger partial charge in [-0.3, -0.25) is 14.5 Å². The Bertz CT molecular complexity index is 1410. The zero-order valence-corrected chi connectivity index (χ0v) is 19.7. The van der Waals surface area contributed by atoms with Crippen molar-refractivity contribution in [2.75, 3.05) is 4.72 Å². The number of allylic oxidation sites excluding steroid dienone is 3. The van der Waals surface area contributed by atoms with Gasteiger partial charge in [-0.15, -0.1) is 0 Å². The van der Waals surface area contributed by atoms with Crippen molar-refractivity contribution in [2.45, 2.75) is 18.0 Å². The summed E-state index contributed by atoms with van der Waals surface area (Å²) in [5.41, 5.74) is -0.808. The molecule has 2 heterocycles. The van der Waals surface area contributed by atoms with E-state index < -0.39 is 37.5 Å². The van der Waals surface area contributed by atoms with Crippen molar-refractivity contribution in [3.8, 4) is 0 Å². The van der Waals surface area contributed by atoms with Crippen LogP contribution in [0.2, 0.25) is 5.02 Å². The lowest BCUT2D eigenvalue weighted by molar-refractivity contribution is -0.137. The van der Waals surface area contributed by atoms with Gasteiger partial charge >= 0.3 is 6.18 Å². The summed E-state index contributed by atoms with van der Waals surface area (Å²) in [6, 6.07) is 6.37. The van der Waals surface area contributed by atoms with Gasteiger partial charge in [-0.2, -0.15) is 13.2 Å². The Morgan fingerprint density at radius 3 is 2.53 bits per heavy atom. The number of benzene rings is 1. The summed E-state index contributed by atoms with van der Waals surface area (Å²) in [5.74, 6) is -0.724. The summed E-state index contributed by atoms with van der Waals surface area (Å²) in [6.45, 7) is 5.27. The van der Waals surface area contributed by atoms with Gasteiger partial charge in [0, 0.05) is 23.7 Å². The summed E-state index contributed by atoms with van der Waals surface area (Å²) < 4.78 is 67.5. The zero-order chi connectivity index (χ0) is 25.3. The molecular weight excluding hydrogens is 514 g/mol. The molecular formula is C22H16Cl2F3N3O3S. The van der Waals surface area contributed by atoms with Crippen LogP contribution in [0.5, 0.6) is 0 Å². The van der Waals surface area contributed by atoms with E-state index in [0.29, 0.717) is 17.3 Å². The minimum absolute atomic E-state index is 0.000296. The Kier molecular flexibility index (Phi) is 7.25. The summed E-state index contributed by atoms with van der Waals surface area (Å²) in [6.07, 6.45) is -0.765. The van der Waals surface area contributed by atoms with Crippen LogP contribution in [0.25, 0.3) is 5.57 Å². The van der Waals surface area contributed by atoms with Crippen LogP contribution >= 0.6 is 23.2 Å². The van der Waals surface area contributed by atoms with E-state index in [2.05, 4.69) is 21.3 Å². The minimum atomic E-state index is -4.87. The Morgan fingerprint density at radius 2 is 1.94 bits per heavy atom. The van der Waals surface area contributed by atoms with Crippen molar-refractivity contribution < 1.29 is 26.4 Å². The van der Waals surface area contributed by atoms with Crippen LogP contribution in [0.1, 0.15) is 27.3 Å². The predicted molar refractivity (Wildman–Crippen MR) is 124 cm³/mol. The quantitative estimate of drug-likeness (QED) is 0.216. The third-order valence-corrected chi connectivity index (χ3v) is 6.72. The molecule has 0 aliphatic rings. The molecule has 0 bridgehead atoms. The largest absolute Gasteiger partial charge is 0.417 e. The average Bonchev–Trinajstić information content (AvgIpc) is 3.18. The second kappa shape index (κ2) is 9.65. The molecule has 0 aliphatic heterocycles. The maximum atomic E-state index is 13.4. The van der Waals surface area contributed by atoms with Crippen molar-refractivity contribution >= 4 is 50.3 Å². The smallest absolute Gasteiger partial charge is 0.365 e. The molecule has 2 aromatic heterocycles. The van der Waals surface area contributed by atoms with E-state index in [9.17, 15) is 26.4 Å². The molecule has 12 heteroatoms. The Hall–Kier alpha value is -3.08. The fourth-order valence-corrected chi connectivity index (χ4v) is 4.57. The molecule has 0 atom stereocenters. The molecule has 178 valence electrons. The minimum Gasteiger partial charge on any atom is -0.365 e. The van der Waals surface area contributed by atoms with Gasteiger partial charge in [0.15, 0.2) is 0 Å². The monoisotopic (exact) mass is 529 g/mol. The number of aromatic amines is 1. The number of carbonyl (C=O) groups is 1. The van der Waals surface area contributed by atoms with Crippen LogP contribution in [0.4, 0.5) is 18.9 Å². The zero-order valence-electron chi connectivity index (χ0n) is 17.4. The summed E-state index contributed by atoms with van der Waals surface area (Å²) in [5, 5.41) is -0.654. The number of anilines is 1. The van der Waals surface area contributed by atoms with Crippen molar-refractivity contribution in [1.29, 1.82) is 0 Å². The maximum Gasteiger partial charge on any atom is 0.417 e. The highest BCUT2D eigenvalue weighted by Crippen LogP contribution is 2.36. The number of hydrogen-bond donors (Lipinski definition) is 2. The predicted octanol–water partition coefficient (Wildman–Crippen LogP) is 6.21. The molecule has 0 amide bonds. The SMILES string of the molecule is C=C/C(Cl)=C(/C(=O)c1ncccc1NS(=O)(=O)c1ccc(Cl)c(C(F)(F)F)c1)c1cc[nH]c1C. The molecule has 0 radical (unpaired) electrons. The Balaban J connectivity index is 2.08. The number of pyridine rings is 1. The third kappa shape index (κ3) is 5.19. The first kappa shape index (κ1) is 25.5. The lowest BCUT2D eigenvalue weighted by Gasteiger charge is -2.15. The highest BCUT2D eigenvalue weighted by molar-refractivity contribution is 7.92. The van der Waals surface area contributed by atoms with Crippen LogP contribution in [0, 0.1) is 6.92 Å². The summed E-state index contributed by atoms with van der Waals surface area (Å²) in [4.78, 5) is 19.6. The number of nitrogens with zero attached hydrogens (tertiary/aromatic N) is 1. The van der Waals surface area contributed by atoms with E-state index in [-0.39, 0.29) is 22.0 Å². The molecule has 0 saturated heterocycles. The molecule has 2 N–H and O–H groups in total. The van der Waals surface area contributed by atoms with Gasteiger partial charge in [0.2, 0.25) is 5.78 Å². The average molecular weight is 530 g/mol. The van der Waals surface area contributed by atoms with Gasteiger partial charge in [0.1, 0.15) is 5.69 Å². The Labute approximate surface area is 203 Å². The van der Waals surface area contributed by atoms with Crippen LogP contribution in [-0.4, -0.2) is 24.2 Å². The lowest BCUT2D eigenvalue weighted by atomic mass is 9.98. The van der Waals surface area contributed by atoms with Gasteiger partial charge in [-0.1, -0.05) is 29.8 Å². The van der Waals surface area contributed by atoms with Crippen molar-refractivity contribution in [1.82, 2.24) is 9.97 Å². The topological polar surface area (TPSA) is 91.9 Å². The van der Waals surface area contributed by atoms with E-state index in [4.69, 9.17) is 23.2 Å². The maximum absolute atomic E-state index is 13.4. The number of hydrogen-bond acceptors (Lipinski definition) is 4. The number of carbonyl (C=O) groups excluding carboxylic acids is 1. The van der Waals surface area contributed by atoms with Gasteiger partial charge < -0.3 is 4.98 Å². The molecule has 3 aromatic rings. The van der Waals surface area contributed by atoms with E-state index >= 15 is 0 Å². The fraction of sp³-hybridized carbons (Fsp3) is 0.0909. The highest BCUT2D eigenvalue weighted by Gasteiger charge is 2.35. The second-order valence-corrected chi connectivity index (χ2v) is 9.41. The molecule has 1 aromatic carbocycles. The van der Waals surface area contributed by atoms with E-state index in [1.165, 1.54) is 24.4 Å². The lowest BCUT2D eigenvalue weighted by Crippen LogP contribution is -2.18. The van der Waals surface area contributed by atoms with Crippen molar-refractivity contribution in [3.05, 3.63) is 94.0 Å². The highest BCUT2D eigenvalue weighted by atomic mass is 35.5. The van der Waals surface area contributed by atoms with Gasteiger partial charge in [-0.25, -0.2) is 8.42 Å². The van der Waals surface area contributed by atoms with E-state index in [1.807, 2.05) is 0 Å². The standard InChI is InChI=1S/C22H16Cl2F3N3O3S/c1-3-16(23)19(14-8-10-28-12(14)2)21(31)20-18(5-4-9-29-20)30-34(32,33)13-6-7-17(24)15(11-13)22(25,26)27/h3-11,28,30H,1H2,2H3/b19-16-. The van der Waals surface area contributed by atoms with Crippen LogP contribution in [0.15, 0.2) is 71.4 Å². The fourth-order valence-electron chi connectivity index (χ4n) is 3.06. The van der Waals surface area contributed by atoms with Crippen LogP contribution < -0.4 is 4.72 Å². The molecule has 0 spiro atoms. The first-order valence-electron chi connectivity index (χ1n) is 9.42. The van der Waals surface area contributed by atoms with Crippen molar-refractivity contribution in [3.63, 3.8) is 0 Å². The second-order valence-electron chi connectivity index (χ2n) is 6.92. The van der Waals surface area contributed by atoms with E-state index in [0.717, 1.165) is 12.1 Å². The number of H-pyrrole nitrogens is 1. The van der Waals surface area contributed by atoms with Gasteiger partial charge in [-0.05, 0) is 49.4 Å². The molecule has 0 saturated carbocycles.